The number of aryl methyl sites for hydroxylation is 1. The van der Waals surface area contributed by atoms with Gasteiger partial charge in [0.05, 0.1) is 12.2 Å². The second-order valence-electron chi connectivity index (χ2n) is 7.04. The van der Waals surface area contributed by atoms with Crippen LogP contribution in [0.3, 0.4) is 0 Å². The minimum Gasteiger partial charge on any atom is -0.477 e. The second kappa shape index (κ2) is 7.18. The molecular weight excluding hydrogens is 342 g/mol. The molecule has 0 fully saturated rings. The van der Waals surface area contributed by atoms with E-state index in [0.29, 0.717) is 30.4 Å². The maximum absolute atomic E-state index is 12.9. The molecule has 4 rings (SSSR count). The molecule has 0 amide bonds. The summed E-state index contributed by atoms with van der Waals surface area (Å²) in [7, 11) is 1.69. The molecule has 0 bridgehead atoms. The molecule has 2 heterocycles. The van der Waals surface area contributed by atoms with E-state index in [2.05, 4.69) is 4.90 Å². The van der Waals surface area contributed by atoms with Crippen molar-refractivity contribution >= 4 is 11.9 Å². The summed E-state index contributed by atoms with van der Waals surface area (Å²) in [6, 6.07) is 9.92. The quantitative estimate of drug-likeness (QED) is 0.773. The Labute approximate surface area is 159 Å². The van der Waals surface area contributed by atoms with Crippen LogP contribution in [-0.2, 0) is 11.3 Å². The number of ketones is 1. The van der Waals surface area contributed by atoms with Crippen molar-refractivity contribution < 1.29 is 19.0 Å². The molecule has 0 aliphatic carbocycles. The van der Waals surface area contributed by atoms with Crippen LogP contribution in [0.4, 0.5) is 0 Å². The average Bonchev–Trinajstić information content (AvgIpc) is 2.98. The summed E-state index contributed by atoms with van der Waals surface area (Å²) in [5.74, 6) is 1.72. The van der Waals surface area contributed by atoms with Crippen molar-refractivity contribution in [3.63, 3.8) is 0 Å². The summed E-state index contributed by atoms with van der Waals surface area (Å²) in [6.07, 6.45) is 1.80. The molecule has 2 aliphatic heterocycles. The van der Waals surface area contributed by atoms with Crippen LogP contribution in [-0.4, -0.2) is 37.7 Å². The van der Waals surface area contributed by atoms with Crippen LogP contribution >= 0.6 is 0 Å². The average molecular weight is 365 g/mol. The monoisotopic (exact) mass is 365 g/mol. The Bertz CT molecular complexity index is 915. The van der Waals surface area contributed by atoms with Gasteiger partial charge in [-0.05, 0) is 31.6 Å². The van der Waals surface area contributed by atoms with Gasteiger partial charge >= 0.3 is 0 Å². The molecule has 0 spiro atoms. The predicted molar refractivity (Wildman–Crippen MR) is 103 cm³/mol. The van der Waals surface area contributed by atoms with Gasteiger partial charge < -0.3 is 14.2 Å². The highest BCUT2D eigenvalue weighted by Crippen LogP contribution is 2.43. The fourth-order valence-electron chi connectivity index (χ4n) is 3.47. The van der Waals surface area contributed by atoms with Crippen molar-refractivity contribution in [2.45, 2.75) is 20.4 Å². The first-order chi connectivity index (χ1) is 13.1. The van der Waals surface area contributed by atoms with Crippen molar-refractivity contribution in [2.75, 3.05) is 27.0 Å². The van der Waals surface area contributed by atoms with Gasteiger partial charge in [-0.3, -0.25) is 9.69 Å². The lowest BCUT2D eigenvalue weighted by Crippen LogP contribution is -2.34. The van der Waals surface area contributed by atoms with Crippen molar-refractivity contribution in [3.05, 3.63) is 63.9 Å². The van der Waals surface area contributed by atoms with Gasteiger partial charge in [0.2, 0.25) is 5.78 Å². The number of methoxy groups -OCH3 is 1. The van der Waals surface area contributed by atoms with Crippen LogP contribution in [0.15, 0.2) is 36.1 Å². The highest BCUT2D eigenvalue weighted by Gasteiger charge is 2.33. The molecule has 5 heteroatoms. The van der Waals surface area contributed by atoms with Gasteiger partial charge in [0.15, 0.2) is 5.76 Å². The van der Waals surface area contributed by atoms with E-state index < -0.39 is 0 Å². The molecule has 5 nitrogen and oxygen atoms in total. The number of hydrogen-bond donors (Lipinski definition) is 0. The molecule has 0 radical (unpaired) electrons. The van der Waals surface area contributed by atoms with E-state index >= 15 is 0 Å². The maximum Gasteiger partial charge on any atom is 0.231 e. The van der Waals surface area contributed by atoms with E-state index in [9.17, 15) is 4.79 Å². The Morgan fingerprint density at radius 2 is 1.96 bits per heavy atom. The molecule has 0 atom stereocenters. The second-order valence-corrected chi connectivity index (χ2v) is 7.04. The summed E-state index contributed by atoms with van der Waals surface area (Å²) in [4.78, 5) is 15.0. The molecule has 0 unspecified atom stereocenters. The third kappa shape index (κ3) is 3.36. The third-order valence-electron chi connectivity index (χ3n) is 4.99. The minimum atomic E-state index is -0.0783. The Hall–Kier alpha value is -2.63. The van der Waals surface area contributed by atoms with E-state index in [-0.39, 0.29) is 5.78 Å². The van der Waals surface area contributed by atoms with E-state index in [1.54, 1.807) is 13.2 Å². The number of benzene rings is 2. The van der Waals surface area contributed by atoms with Crippen LogP contribution < -0.4 is 9.47 Å². The van der Waals surface area contributed by atoms with Gasteiger partial charge in [0, 0.05) is 31.3 Å². The number of nitrogens with zero attached hydrogens (tertiary/aromatic N) is 1. The van der Waals surface area contributed by atoms with Crippen LogP contribution in [0, 0.1) is 13.8 Å². The van der Waals surface area contributed by atoms with Crippen molar-refractivity contribution in [1.29, 1.82) is 0 Å². The molecule has 140 valence electrons. The zero-order valence-corrected chi connectivity index (χ0v) is 15.9. The zero-order chi connectivity index (χ0) is 19.0. The van der Waals surface area contributed by atoms with Crippen molar-refractivity contribution in [3.8, 4) is 11.5 Å². The van der Waals surface area contributed by atoms with E-state index in [1.165, 1.54) is 5.56 Å². The van der Waals surface area contributed by atoms with Gasteiger partial charge in [-0.15, -0.1) is 0 Å². The fraction of sp³-hybridized carbons (Fsp3) is 0.318. The number of allylic oxidation sites excluding steroid dienone is 1. The fourth-order valence-corrected chi connectivity index (χ4v) is 3.47. The topological polar surface area (TPSA) is 48.0 Å². The van der Waals surface area contributed by atoms with Gasteiger partial charge in [0.25, 0.3) is 0 Å². The normalized spacial score (nSPS) is 17.4. The summed E-state index contributed by atoms with van der Waals surface area (Å²) < 4.78 is 17.0. The van der Waals surface area contributed by atoms with Crippen molar-refractivity contribution in [2.24, 2.45) is 0 Å². The Kier molecular flexibility index (Phi) is 4.72. The number of fused-ring (bicyclic) bond motifs is 2. The summed E-state index contributed by atoms with van der Waals surface area (Å²) in [5.41, 5.74) is 4.64. The molecule has 0 aromatic heterocycles. The number of Topliss-reactive ketones (excluding diaryl/α,β-unsaturated/α-hetero) is 1. The molecule has 2 aliphatic rings. The largest absolute Gasteiger partial charge is 0.477 e. The van der Waals surface area contributed by atoms with Crippen LogP contribution in [0.25, 0.3) is 6.08 Å². The number of rotatable bonds is 4. The Balaban J connectivity index is 1.64. The first-order valence-electron chi connectivity index (χ1n) is 9.08. The van der Waals surface area contributed by atoms with Crippen LogP contribution in [0.2, 0.25) is 0 Å². The molecule has 2 aromatic carbocycles. The smallest absolute Gasteiger partial charge is 0.231 e. The third-order valence-corrected chi connectivity index (χ3v) is 4.99. The number of ether oxygens (including phenoxy) is 3. The number of carbonyl (C=O) groups excluding carboxylic acids is 1. The summed E-state index contributed by atoms with van der Waals surface area (Å²) >= 11 is 0. The summed E-state index contributed by atoms with van der Waals surface area (Å²) in [5, 5.41) is 0. The highest BCUT2D eigenvalue weighted by atomic mass is 16.5. The van der Waals surface area contributed by atoms with Gasteiger partial charge in [-0.1, -0.05) is 29.8 Å². The molecule has 0 saturated heterocycles. The maximum atomic E-state index is 12.9. The lowest BCUT2D eigenvalue weighted by molar-refractivity contribution is 0.0649. The van der Waals surface area contributed by atoms with E-state index in [4.69, 9.17) is 14.2 Å². The molecule has 2 aromatic rings. The molecule has 0 saturated carbocycles. The number of carbonyl (C=O) groups is 1. The standard InChI is InChI=1S/C22H23NO4/c1-14-4-6-16(7-5-14)10-19-20(24)18-11-17-12-23(8-9-25-3)13-26-21(17)15(2)22(18)27-19/h4-7,10-11H,8-9,12-13H2,1-3H3/b19-10-. The highest BCUT2D eigenvalue weighted by molar-refractivity contribution is 6.15. The first kappa shape index (κ1) is 17.8. The minimum absolute atomic E-state index is 0.0783. The lowest BCUT2D eigenvalue weighted by Gasteiger charge is -2.30. The van der Waals surface area contributed by atoms with E-state index in [0.717, 1.165) is 35.5 Å². The predicted octanol–water partition coefficient (Wildman–Crippen LogP) is 3.72. The Morgan fingerprint density at radius 1 is 1.19 bits per heavy atom. The molecular formula is C22H23NO4. The van der Waals surface area contributed by atoms with E-state index in [1.807, 2.05) is 44.2 Å². The van der Waals surface area contributed by atoms with Crippen LogP contribution in [0.5, 0.6) is 11.5 Å². The summed E-state index contributed by atoms with van der Waals surface area (Å²) in [6.45, 7) is 6.66. The molecule has 0 N–H and O–H groups in total. The Morgan fingerprint density at radius 3 is 2.70 bits per heavy atom. The van der Waals surface area contributed by atoms with Crippen LogP contribution in [0.1, 0.15) is 32.6 Å². The number of hydrogen-bond acceptors (Lipinski definition) is 5. The van der Waals surface area contributed by atoms with Gasteiger partial charge in [-0.25, -0.2) is 0 Å². The van der Waals surface area contributed by atoms with Gasteiger partial charge in [0.1, 0.15) is 18.2 Å². The van der Waals surface area contributed by atoms with Crippen molar-refractivity contribution in [1.82, 2.24) is 4.90 Å². The first-order valence-corrected chi connectivity index (χ1v) is 9.08. The van der Waals surface area contributed by atoms with Gasteiger partial charge in [-0.2, -0.15) is 0 Å². The lowest BCUT2D eigenvalue weighted by atomic mass is 10.00. The zero-order valence-electron chi connectivity index (χ0n) is 15.9. The molecule has 27 heavy (non-hydrogen) atoms. The SMILES string of the molecule is COCCN1COc2c(cc3c(c2C)O/C(=C\c2ccc(C)cc2)C3=O)C1.